The van der Waals surface area contributed by atoms with Gasteiger partial charge in [-0.3, -0.25) is 0 Å². The van der Waals surface area contributed by atoms with Crippen molar-refractivity contribution in [3.63, 3.8) is 0 Å². The van der Waals surface area contributed by atoms with Crippen molar-refractivity contribution in [3.05, 3.63) is 0 Å². The first kappa shape index (κ1) is 12.4. The molecule has 0 aliphatic heterocycles. The molecule has 0 saturated heterocycles. The van der Waals surface area contributed by atoms with Crippen LogP contribution in [0.15, 0.2) is 0 Å². The summed E-state index contributed by atoms with van der Waals surface area (Å²) in [6.45, 7) is -0.102. The van der Waals surface area contributed by atoms with Crippen molar-refractivity contribution in [2.75, 3.05) is 20.3 Å². The number of carbonyl (C=O) groups is 1. The van der Waals surface area contributed by atoms with Gasteiger partial charge in [0.25, 0.3) is 0 Å². The Kier molecular flexibility index (Phi) is 4.50. The molecule has 1 fully saturated rings. The van der Waals surface area contributed by atoms with E-state index < -0.39 is 11.6 Å². The van der Waals surface area contributed by atoms with Crippen molar-refractivity contribution in [2.45, 2.75) is 37.4 Å². The second kappa shape index (κ2) is 5.44. The highest BCUT2D eigenvalue weighted by Gasteiger charge is 2.44. The van der Waals surface area contributed by atoms with Crippen molar-refractivity contribution < 1.29 is 24.5 Å². The normalized spacial score (nSPS) is 31.5. The number of aliphatic hydroxyl groups is 1. The van der Waals surface area contributed by atoms with Crippen LogP contribution < -0.4 is 0 Å². The van der Waals surface area contributed by atoms with Gasteiger partial charge in [-0.1, -0.05) is 0 Å². The molecule has 1 aliphatic carbocycles. The van der Waals surface area contributed by atoms with Crippen LogP contribution in [-0.2, 0) is 14.3 Å². The molecule has 0 aromatic carbocycles. The molecular formula is C10H18O5. The maximum Gasteiger partial charge on any atom is 0.336 e. The van der Waals surface area contributed by atoms with Crippen molar-refractivity contribution >= 4 is 5.97 Å². The van der Waals surface area contributed by atoms with E-state index in [2.05, 4.69) is 0 Å². The van der Waals surface area contributed by atoms with E-state index in [9.17, 15) is 4.79 Å². The third kappa shape index (κ3) is 2.90. The summed E-state index contributed by atoms with van der Waals surface area (Å²) < 4.78 is 10.5. The monoisotopic (exact) mass is 218 g/mol. The molecule has 2 N–H and O–H groups in total. The van der Waals surface area contributed by atoms with E-state index >= 15 is 0 Å². The molecule has 0 amide bonds. The van der Waals surface area contributed by atoms with Gasteiger partial charge in [0.15, 0.2) is 5.60 Å². The fourth-order valence-electron chi connectivity index (χ4n) is 2.02. The van der Waals surface area contributed by atoms with Crippen molar-refractivity contribution in [3.8, 4) is 0 Å². The average Bonchev–Trinajstić information content (AvgIpc) is 2.26. The molecule has 0 bridgehead atoms. The summed E-state index contributed by atoms with van der Waals surface area (Å²) in [5.41, 5.74) is -1.17. The summed E-state index contributed by atoms with van der Waals surface area (Å²) in [6, 6.07) is 0. The standard InChI is InChI=1S/C10H18O5/c1-14-8-3-2-4-10(7-8,9(12)13)15-6-5-11/h8,11H,2-7H2,1H3,(H,12,13). The van der Waals surface area contributed by atoms with Crippen LogP contribution in [-0.4, -0.2) is 48.2 Å². The Labute approximate surface area is 89.0 Å². The first-order chi connectivity index (χ1) is 7.14. The molecule has 15 heavy (non-hydrogen) atoms. The van der Waals surface area contributed by atoms with Gasteiger partial charge in [-0.05, 0) is 19.3 Å². The second-order valence-corrected chi connectivity index (χ2v) is 3.83. The molecule has 1 rings (SSSR count). The Balaban J connectivity index is 2.66. The predicted octanol–water partition coefficient (Wildman–Crippen LogP) is 0.408. The summed E-state index contributed by atoms with van der Waals surface area (Å²) in [4.78, 5) is 11.2. The summed E-state index contributed by atoms with van der Waals surface area (Å²) >= 11 is 0. The zero-order chi connectivity index (χ0) is 11.3. The van der Waals surface area contributed by atoms with Gasteiger partial charge in [-0.2, -0.15) is 0 Å². The zero-order valence-electron chi connectivity index (χ0n) is 8.94. The lowest BCUT2D eigenvalue weighted by atomic mass is 9.83. The van der Waals surface area contributed by atoms with Crippen molar-refractivity contribution in [1.82, 2.24) is 0 Å². The minimum atomic E-state index is -1.17. The molecule has 0 spiro atoms. The summed E-state index contributed by atoms with van der Waals surface area (Å²) in [5.74, 6) is -0.960. The maximum absolute atomic E-state index is 11.2. The molecule has 0 aromatic heterocycles. The van der Waals surface area contributed by atoms with Crippen LogP contribution in [0.25, 0.3) is 0 Å². The number of carboxylic acid groups (broad SMARTS) is 1. The van der Waals surface area contributed by atoms with Crippen LogP contribution in [0.1, 0.15) is 25.7 Å². The van der Waals surface area contributed by atoms with E-state index in [1.165, 1.54) is 0 Å². The Morgan fingerprint density at radius 2 is 2.33 bits per heavy atom. The van der Waals surface area contributed by atoms with Gasteiger partial charge in [0.05, 0.1) is 19.3 Å². The first-order valence-electron chi connectivity index (χ1n) is 5.15. The van der Waals surface area contributed by atoms with Crippen LogP contribution in [0.3, 0.4) is 0 Å². The van der Waals surface area contributed by atoms with E-state index in [0.29, 0.717) is 12.8 Å². The highest BCUT2D eigenvalue weighted by Crippen LogP contribution is 2.33. The molecule has 2 atom stereocenters. The lowest BCUT2D eigenvalue weighted by molar-refractivity contribution is -0.178. The second-order valence-electron chi connectivity index (χ2n) is 3.83. The van der Waals surface area contributed by atoms with Crippen LogP contribution in [0.2, 0.25) is 0 Å². The average molecular weight is 218 g/mol. The molecule has 2 unspecified atom stereocenters. The van der Waals surface area contributed by atoms with Crippen LogP contribution in [0.5, 0.6) is 0 Å². The number of hydrogen-bond donors (Lipinski definition) is 2. The molecule has 1 saturated carbocycles. The molecule has 0 aromatic rings. The molecule has 0 heterocycles. The smallest absolute Gasteiger partial charge is 0.336 e. The minimum absolute atomic E-state index is 0.0583. The highest BCUT2D eigenvalue weighted by atomic mass is 16.5. The van der Waals surface area contributed by atoms with Crippen LogP contribution in [0.4, 0.5) is 0 Å². The van der Waals surface area contributed by atoms with E-state index in [-0.39, 0.29) is 19.3 Å². The lowest BCUT2D eigenvalue weighted by Gasteiger charge is -2.36. The van der Waals surface area contributed by atoms with Gasteiger partial charge in [0.1, 0.15) is 0 Å². The van der Waals surface area contributed by atoms with E-state index in [1.54, 1.807) is 7.11 Å². The number of ether oxygens (including phenoxy) is 2. The predicted molar refractivity (Wildman–Crippen MR) is 52.7 cm³/mol. The quantitative estimate of drug-likeness (QED) is 0.699. The molecule has 0 radical (unpaired) electrons. The van der Waals surface area contributed by atoms with Crippen LogP contribution >= 0.6 is 0 Å². The maximum atomic E-state index is 11.2. The topological polar surface area (TPSA) is 76.0 Å². The van der Waals surface area contributed by atoms with Gasteiger partial charge in [0.2, 0.25) is 0 Å². The number of aliphatic carboxylic acids is 1. The third-order valence-electron chi connectivity index (χ3n) is 2.86. The number of rotatable bonds is 5. The summed E-state index contributed by atoms with van der Waals surface area (Å²) in [7, 11) is 1.58. The van der Waals surface area contributed by atoms with E-state index in [0.717, 1.165) is 12.8 Å². The number of aliphatic hydroxyl groups excluding tert-OH is 1. The fourth-order valence-corrected chi connectivity index (χ4v) is 2.02. The van der Waals surface area contributed by atoms with Gasteiger partial charge < -0.3 is 19.7 Å². The Hall–Kier alpha value is -0.650. The SMILES string of the molecule is COC1CCCC(OCCO)(C(=O)O)C1. The van der Waals surface area contributed by atoms with Gasteiger partial charge >= 0.3 is 5.97 Å². The van der Waals surface area contributed by atoms with E-state index in [4.69, 9.17) is 19.7 Å². The van der Waals surface area contributed by atoms with Crippen molar-refractivity contribution in [1.29, 1.82) is 0 Å². The lowest BCUT2D eigenvalue weighted by Crippen LogP contribution is -2.48. The fraction of sp³-hybridized carbons (Fsp3) is 0.900. The molecule has 5 nitrogen and oxygen atoms in total. The largest absolute Gasteiger partial charge is 0.479 e. The zero-order valence-corrected chi connectivity index (χ0v) is 8.94. The Morgan fingerprint density at radius 1 is 1.60 bits per heavy atom. The van der Waals surface area contributed by atoms with E-state index in [1.807, 2.05) is 0 Å². The summed E-state index contributed by atoms with van der Waals surface area (Å²) in [6.07, 6.45) is 2.43. The van der Waals surface area contributed by atoms with Gasteiger partial charge in [-0.25, -0.2) is 4.79 Å². The highest BCUT2D eigenvalue weighted by molar-refractivity contribution is 5.77. The molecule has 5 heteroatoms. The minimum Gasteiger partial charge on any atom is -0.479 e. The summed E-state index contributed by atoms with van der Waals surface area (Å²) in [5, 5.41) is 17.8. The molecular weight excluding hydrogens is 200 g/mol. The Bertz CT molecular complexity index is 218. The number of methoxy groups -OCH3 is 1. The molecule has 1 aliphatic rings. The van der Waals surface area contributed by atoms with Gasteiger partial charge in [-0.15, -0.1) is 0 Å². The number of hydrogen-bond acceptors (Lipinski definition) is 4. The van der Waals surface area contributed by atoms with Crippen LogP contribution in [0, 0.1) is 0 Å². The number of carboxylic acids is 1. The Morgan fingerprint density at radius 3 is 2.87 bits per heavy atom. The molecule has 88 valence electrons. The van der Waals surface area contributed by atoms with Crippen molar-refractivity contribution in [2.24, 2.45) is 0 Å². The first-order valence-corrected chi connectivity index (χ1v) is 5.15. The van der Waals surface area contributed by atoms with Gasteiger partial charge in [0, 0.05) is 13.5 Å². The third-order valence-corrected chi connectivity index (χ3v) is 2.86.